The van der Waals surface area contributed by atoms with Gasteiger partial charge in [0.15, 0.2) is 0 Å². The van der Waals surface area contributed by atoms with E-state index in [-0.39, 0.29) is 11.5 Å². The number of aromatic nitrogens is 1. The van der Waals surface area contributed by atoms with Crippen molar-refractivity contribution in [2.75, 3.05) is 0 Å². The van der Waals surface area contributed by atoms with Gasteiger partial charge in [-0.05, 0) is 75.8 Å². The molecule has 5 heteroatoms. The van der Waals surface area contributed by atoms with Crippen LogP contribution in [0.5, 0.6) is 0 Å². The third-order valence-electron chi connectivity index (χ3n) is 6.23. The van der Waals surface area contributed by atoms with Gasteiger partial charge in [0.1, 0.15) is 0 Å². The van der Waals surface area contributed by atoms with Gasteiger partial charge in [-0.1, -0.05) is 72.3 Å². The standard InChI is InChI=1S/C31H25ClN2O2/c32-29-13-12-25-18-24(10-11-26(25)19-29)20-34-31(36)27-4-1-3-23(17-27)15-21-6-8-22(9-7-21)16-28-5-2-14-33-30(28)35/h1-14,17-19H,15-16,20H2,(H,33,35)(H,34,36). The molecule has 0 fully saturated rings. The van der Waals surface area contributed by atoms with Gasteiger partial charge < -0.3 is 10.3 Å². The van der Waals surface area contributed by atoms with Crippen LogP contribution < -0.4 is 10.9 Å². The lowest BCUT2D eigenvalue weighted by atomic mass is 9.99. The van der Waals surface area contributed by atoms with Crippen molar-refractivity contribution in [2.45, 2.75) is 19.4 Å². The Hall–Kier alpha value is -4.15. The number of amides is 1. The van der Waals surface area contributed by atoms with E-state index < -0.39 is 0 Å². The molecular weight excluding hydrogens is 468 g/mol. The molecule has 4 aromatic carbocycles. The monoisotopic (exact) mass is 492 g/mol. The third-order valence-corrected chi connectivity index (χ3v) is 6.47. The van der Waals surface area contributed by atoms with Crippen LogP contribution in [0.3, 0.4) is 0 Å². The van der Waals surface area contributed by atoms with Crippen LogP contribution in [0.4, 0.5) is 0 Å². The lowest BCUT2D eigenvalue weighted by Crippen LogP contribution is -2.22. The molecule has 0 saturated carbocycles. The van der Waals surface area contributed by atoms with Crippen molar-refractivity contribution >= 4 is 28.3 Å². The van der Waals surface area contributed by atoms with Gasteiger partial charge in [0.25, 0.3) is 11.5 Å². The van der Waals surface area contributed by atoms with Gasteiger partial charge in [-0.15, -0.1) is 0 Å². The molecule has 0 saturated heterocycles. The molecule has 1 aromatic heterocycles. The van der Waals surface area contributed by atoms with Crippen LogP contribution in [0.25, 0.3) is 10.8 Å². The fourth-order valence-electron chi connectivity index (χ4n) is 4.31. The molecule has 0 radical (unpaired) electrons. The lowest BCUT2D eigenvalue weighted by Gasteiger charge is -2.09. The topological polar surface area (TPSA) is 62.0 Å². The van der Waals surface area contributed by atoms with E-state index in [1.165, 1.54) is 0 Å². The van der Waals surface area contributed by atoms with Crippen molar-refractivity contribution in [3.05, 3.63) is 152 Å². The van der Waals surface area contributed by atoms with Gasteiger partial charge in [0, 0.05) is 35.3 Å². The molecule has 5 aromatic rings. The minimum Gasteiger partial charge on any atom is -0.348 e. The zero-order valence-electron chi connectivity index (χ0n) is 19.6. The van der Waals surface area contributed by atoms with Crippen molar-refractivity contribution in [2.24, 2.45) is 0 Å². The highest BCUT2D eigenvalue weighted by atomic mass is 35.5. The Morgan fingerprint density at radius 2 is 1.44 bits per heavy atom. The van der Waals surface area contributed by atoms with Crippen LogP contribution in [-0.2, 0) is 19.4 Å². The van der Waals surface area contributed by atoms with Crippen LogP contribution >= 0.6 is 11.6 Å². The first-order valence-corrected chi connectivity index (χ1v) is 12.2. The van der Waals surface area contributed by atoms with E-state index in [2.05, 4.69) is 40.6 Å². The molecule has 0 unspecified atom stereocenters. The van der Waals surface area contributed by atoms with E-state index in [9.17, 15) is 9.59 Å². The van der Waals surface area contributed by atoms with Gasteiger partial charge in [-0.3, -0.25) is 9.59 Å². The van der Waals surface area contributed by atoms with Crippen LogP contribution in [0.15, 0.2) is 108 Å². The molecule has 2 N–H and O–H groups in total. The second kappa shape index (κ2) is 10.6. The van der Waals surface area contributed by atoms with Gasteiger partial charge in [0.05, 0.1) is 0 Å². The first kappa shape index (κ1) is 23.6. The summed E-state index contributed by atoms with van der Waals surface area (Å²) in [5.41, 5.74) is 5.67. The Morgan fingerprint density at radius 3 is 2.25 bits per heavy atom. The molecule has 178 valence electrons. The summed E-state index contributed by atoms with van der Waals surface area (Å²) >= 11 is 6.07. The maximum absolute atomic E-state index is 12.8. The Kier molecular flexibility index (Phi) is 6.96. The van der Waals surface area contributed by atoms with E-state index in [4.69, 9.17) is 11.6 Å². The van der Waals surface area contributed by atoms with E-state index in [1.54, 1.807) is 6.20 Å². The molecule has 0 aliphatic heterocycles. The summed E-state index contributed by atoms with van der Waals surface area (Å²) in [6.07, 6.45) is 2.96. The summed E-state index contributed by atoms with van der Waals surface area (Å²) in [5, 5.41) is 5.90. The van der Waals surface area contributed by atoms with Crippen LogP contribution in [0, 0.1) is 0 Å². The van der Waals surface area contributed by atoms with Crippen molar-refractivity contribution in [1.29, 1.82) is 0 Å². The number of halogens is 1. The number of hydrogen-bond donors (Lipinski definition) is 2. The van der Waals surface area contributed by atoms with Crippen molar-refractivity contribution in [1.82, 2.24) is 10.3 Å². The second-order valence-corrected chi connectivity index (χ2v) is 9.34. The van der Waals surface area contributed by atoms with Crippen molar-refractivity contribution in [3.63, 3.8) is 0 Å². The predicted octanol–water partition coefficient (Wildman–Crippen LogP) is 6.29. The molecule has 0 bridgehead atoms. The molecular formula is C31H25ClN2O2. The van der Waals surface area contributed by atoms with E-state index >= 15 is 0 Å². The number of rotatable bonds is 7. The molecule has 4 nitrogen and oxygen atoms in total. The van der Waals surface area contributed by atoms with E-state index in [1.807, 2.05) is 66.7 Å². The lowest BCUT2D eigenvalue weighted by molar-refractivity contribution is 0.0951. The summed E-state index contributed by atoms with van der Waals surface area (Å²) in [6, 6.07) is 31.5. The zero-order valence-corrected chi connectivity index (χ0v) is 20.4. The SMILES string of the molecule is O=C(NCc1ccc2cc(Cl)ccc2c1)c1cccc(Cc2ccc(Cc3ccc[nH]c3=O)cc2)c1. The Balaban J connectivity index is 1.21. The normalized spacial score (nSPS) is 10.9. The average Bonchev–Trinajstić information content (AvgIpc) is 2.90. The van der Waals surface area contributed by atoms with Crippen molar-refractivity contribution in [3.8, 4) is 0 Å². The molecule has 0 spiro atoms. The maximum atomic E-state index is 12.8. The van der Waals surface area contributed by atoms with Crippen LogP contribution in [0.1, 0.15) is 38.2 Å². The minimum atomic E-state index is -0.100. The predicted molar refractivity (Wildman–Crippen MR) is 146 cm³/mol. The number of nitrogens with one attached hydrogen (secondary N) is 2. The highest BCUT2D eigenvalue weighted by molar-refractivity contribution is 6.31. The number of aromatic amines is 1. The number of carbonyl (C=O) groups is 1. The first-order chi connectivity index (χ1) is 17.5. The summed E-state index contributed by atoms with van der Waals surface area (Å²) in [6.45, 7) is 0.452. The van der Waals surface area contributed by atoms with E-state index in [0.717, 1.165) is 45.0 Å². The number of H-pyrrole nitrogens is 1. The highest BCUT2D eigenvalue weighted by Crippen LogP contribution is 2.21. The minimum absolute atomic E-state index is 0.0535. The van der Waals surface area contributed by atoms with Crippen LogP contribution in [-0.4, -0.2) is 10.9 Å². The third kappa shape index (κ3) is 5.73. The fraction of sp³-hybridized carbons (Fsp3) is 0.0968. The number of carbonyl (C=O) groups excluding carboxylic acids is 1. The molecule has 0 aliphatic carbocycles. The summed E-state index contributed by atoms with van der Waals surface area (Å²) in [5.74, 6) is -0.100. The quantitative estimate of drug-likeness (QED) is 0.280. The second-order valence-electron chi connectivity index (χ2n) is 8.90. The molecule has 36 heavy (non-hydrogen) atoms. The molecule has 1 amide bonds. The average molecular weight is 493 g/mol. The number of fused-ring (bicyclic) bond motifs is 1. The number of hydrogen-bond acceptors (Lipinski definition) is 2. The molecule has 1 heterocycles. The van der Waals surface area contributed by atoms with Crippen molar-refractivity contribution < 1.29 is 4.79 Å². The molecule has 0 aliphatic rings. The van der Waals surface area contributed by atoms with Gasteiger partial charge in [-0.25, -0.2) is 0 Å². The Labute approximate surface area is 214 Å². The Morgan fingerprint density at radius 1 is 0.722 bits per heavy atom. The smallest absolute Gasteiger partial charge is 0.251 e. The summed E-state index contributed by atoms with van der Waals surface area (Å²) < 4.78 is 0. The number of benzene rings is 4. The van der Waals surface area contributed by atoms with Gasteiger partial charge >= 0.3 is 0 Å². The molecule has 0 atom stereocenters. The summed E-state index contributed by atoms with van der Waals surface area (Å²) in [7, 11) is 0. The van der Waals surface area contributed by atoms with E-state index in [0.29, 0.717) is 23.6 Å². The summed E-state index contributed by atoms with van der Waals surface area (Å²) in [4.78, 5) is 27.4. The van der Waals surface area contributed by atoms with Gasteiger partial charge in [-0.2, -0.15) is 0 Å². The first-order valence-electron chi connectivity index (χ1n) is 11.8. The number of pyridine rings is 1. The molecule has 5 rings (SSSR count). The largest absolute Gasteiger partial charge is 0.348 e. The van der Waals surface area contributed by atoms with Crippen LogP contribution in [0.2, 0.25) is 5.02 Å². The highest BCUT2D eigenvalue weighted by Gasteiger charge is 2.08. The zero-order chi connectivity index (χ0) is 24.9. The van der Waals surface area contributed by atoms with Gasteiger partial charge in [0.2, 0.25) is 0 Å². The Bertz CT molecular complexity index is 1590. The maximum Gasteiger partial charge on any atom is 0.251 e. The fourth-order valence-corrected chi connectivity index (χ4v) is 4.49.